The zero-order chi connectivity index (χ0) is 29.5. The van der Waals surface area contributed by atoms with Crippen LogP contribution in [0.1, 0.15) is 31.9 Å². The van der Waals surface area contributed by atoms with Crippen LogP contribution < -0.4 is 14.4 Å². The van der Waals surface area contributed by atoms with Gasteiger partial charge in [0.25, 0.3) is 0 Å². The fourth-order valence-electron chi connectivity index (χ4n) is 4.22. The molecule has 0 aliphatic carbocycles. The molecule has 214 valence electrons. The van der Waals surface area contributed by atoms with E-state index in [4.69, 9.17) is 4.74 Å². The Morgan fingerprint density at radius 1 is 0.950 bits per heavy atom. The first-order chi connectivity index (χ1) is 18.8. The normalized spacial score (nSPS) is 12.3. The van der Waals surface area contributed by atoms with E-state index in [1.54, 1.807) is 24.3 Å². The molecule has 3 aromatic rings. The van der Waals surface area contributed by atoms with Gasteiger partial charge >= 0.3 is 0 Å². The van der Waals surface area contributed by atoms with Crippen molar-refractivity contribution in [3.63, 3.8) is 0 Å². The van der Waals surface area contributed by atoms with Gasteiger partial charge in [-0.3, -0.25) is 13.9 Å². The molecule has 0 aliphatic heterocycles. The molecule has 0 saturated carbocycles. The molecule has 1 atom stereocenters. The van der Waals surface area contributed by atoms with Crippen LogP contribution in [0.2, 0.25) is 0 Å². The molecular formula is C30H36BrN3O5S. The molecule has 0 aliphatic rings. The van der Waals surface area contributed by atoms with E-state index in [9.17, 15) is 18.0 Å². The van der Waals surface area contributed by atoms with Gasteiger partial charge in [0.15, 0.2) is 0 Å². The Balaban J connectivity index is 2.08. The Labute approximate surface area is 245 Å². The Morgan fingerprint density at radius 3 is 2.20 bits per heavy atom. The SMILES string of the molecule is COc1cccc(N(CC(=O)N(Cc2cccc(Br)c2)[C@H](Cc2ccccc2)C(=O)NC(C)(C)C)S(C)(=O)=O)c1. The van der Waals surface area contributed by atoms with Crippen molar-refractivity contribution in [3.05, 3.63) is 94.5 Å². The van der Waals surface area contributed by atoms with E-state index >= 15 is 0 Å². The highest BCUT2D eigenvalue weighted by Gasteiger charge is 2.34. The second-order valence-electron chi connectivity index (χ2n) is 10.6. The number of hydrogen-bond acceptors (Lipinski definition) is 5. The number of benzene rings is 3. The van der Waals surface area contributed by atoms with Gasteiger partial charge in [-0.2, -0.15) is 0 Å². The maximum absolute atomic E-state index is 14.1. The lowest BCUT2D eigenvalue weighted by atomic mass is 10.0. The van der Waals surface area contributed by atoms with Gasteiger partial charge in [0.2, 0.25) is 21.8 Å². The molecule has 0 unspecified atom stereocenters. The predicted molar refractivity (Wildman–Crippen MR) is 162 cm³/mol. The molecule has 10 heteroatoms. The molecule has 0 saturated heterocycles. The average Bonchev–Trinajstić information content (AvgIpc) is 2.88. The van der Waals surface area contributed by atoms with Crippen molar-refractivity contribution < 1.29 is 22.7 Å². The van der Waals surface area contributed by atoms with Crippen LogP contribution in [-0.2, 0) is 32.6 Å². The minimum atomic E-state index is -3.86. The molecule has 3 aromatic carbocycles. The summed E-state index contributed by atoms with van der Waals surface area (Å²) in [5, 5.41) is 3.01. The number of rotatable bonds is 11. The third kappa shape index (κ3) is 9.09. The van der Waals surface area contributed by atoms with Gasteiger partial charge in [-0.05, 0) is 56.2 Å². The maximum atomic E-state index is 14.1. The lowest BCUT2D eigenvalue weighted by Gasteiger charge is -2.35. The quantitative estimate of drug-likeness (QED) is 0.329. The van der Waals surface area contributed by atoms with E-state index in [-0.39, 0.29) is 24.6 Å². The first-order valence-corrected chi connectivity index (χ1v) is 15.4. The summed E-state index contributed by atoms with van der Waals surface area (Å²) in [5.41, 5.74) is 1.40. The van der Waals surface area contributed by atoms with Crippen molar-refractivity contribution in [2.75, 3.05) is 24.2 Å². The van der Waals surface area contributed by atoms with Crippen molar-refractivity contribution in [2.45, 2.75) is 45.3 Å². The lowest BCUT2D eigenvalue weighted by molar-refractivity contribution is -0.140. The number of carbonyl (C=O) groups excluding carboxylic acids is 2. The second-order valence-corrected chi connectivity index (χ2v) is 13.4. The monoisotopic (exact) mass is 629 g/mol. The van der Waals surface area contributed by atoms with Gasteiger partial charge in [0, 0.05) is 29.0 Å². The van der Waals surface area contributed by atoms with E-state index in [1.165, 1.54) is 12.0 Å². The van der Waals surface area contributed by atoms with Crippen LogP contribution in [0.15, 0.2) is 83.3 Å². The van der Waals surface area contributed by atoms with Crippen molar-refractivity contribution in [1.29, 1.82) is 0 Å². The van der Waals surface area contributed by atoms with Gasteiger partial charge in [0.05, 0.1) is 19.1 Å². The van der Waals surface area contributed by atoms with E-state index in [2.05, 4.69) is 21.2 Å². The number of amides is 2. The summed E-state index contributed by atoms with van der Waals surface area (Å²) >= 11 is 3.48. The van der Waals surface area contributed by atoms with Crippen molar-refractivity contribution >= 4 is 43.5 Å². The number of nitrogens with one attached hydrogen (secondary N) is 1. The molecular weight excluding hydrogens is 594 g/mol. The van der Waals surface area contributed by atoms with Crippen molar-refractivity contribution in [3.8, 4) is 5.75 Å². The molecule has 0 heterocycles. The summed E-state index contributed by atoms with van der Waals surface area (Å²) < 4.78 is 32.9. The summed E-state index contributed by atoms with van der Waals surface area (Å²) in [6.45, 7) is 5.23. The predicted octanol–water partition coefficient (Wildman–Crippen LogP) is 4.78. The molecule has 0 radical (unpaired) electrons. The number of nitrogens with zero attached hydrogens (tertiary/aromatic N) is 2. The van der Waals surface area contributed by atoms with E-state index in [1.807, 2.05) is 75.4 Å². The van der Waals surface area contributed by atoms with Gasteiger partial charge < -0.3 is 15.0 Å². The Kier molecular flexibility index (Phi) is 10.4. The Hall–Kier alpha value is -3.37. The number of ether oxygens (including phenoxy) is 1. The fraction of sp³-hybridized carbons (Fsp3) is 0.333. The Morgan fingerprint density at radius 2 is 1.60 bits per heavy atom. The Bertz CT molecular complexity index is 1420. The zero-order valence-electron chi connectivity index (χ0n) is 23.4. The number of sulfonamides is 1. The third-order valence-corrected chi connectivity index (χ3v) is 7.67. The van der Waals surface area contributed by atoms with E-state index in [0.717, 1.165) is 26.2 Å². The summed E-state index contributed by atoms with van der Waals surface area (Å²) in [6, 6.07) is 22.5. The molecule has 0 spiro atoms. The first kappa shape index (κ1) is 31.2. The van der Waals surface area contributed by atoms with Gasteiger partial charge in [-0.1, -0.05) is 64.5 Å². The summed E-state index contributed by atoms with van der Waals surface area (Å²) in [4.78, 5) is 29.3. The van der Waals surface area contributed by atoms with E-state index in [0.29, 0.717) is 5.75 Å². The van der Waals surface area contributed by atoms with Crippen LogP contribution >= 0.6 is 15.9 Å². The smallest absolute Gasteiger partial charge is 0.244 e. The van der Waals surface area contributed by atoms with Gasteiger partial charge in [-0.15, -0.1) is 0 Å². The molecule has 0 bridgehead atoms. The first-order valence-electron chi connectivity index (χ1n) is 12.8. The number of carbonyl (C=O) groups is 2. The summed E-state index contributed by atoms with van der Waals surface area (Å²) in [6.07, 6.45) is 1.30. The van der Waals surface area contributed by atoms with Crippen LogP contribution in [0.25, 0.3) is 0 Å². The minimum absolute atomic E-state index is 0.100. The number of methoxy groups -OCH3 is 1. The molecule has 0 aromatic heterocycles. The number of anilines is 1. The molecule has 0 fully saturated rings. The topological polar surface area (TPSA) is 96.0 Å². The molecule has 8 nitrogen and oxygen atoms in total. The molecule has 1 N–H and O–H groups in total. The van der Waals surface area contributed by atoms with Gasteiger partial charge in [-0.25, -0.2) is 8.42 Å². The van der Waals surface area contributed by atoms with Crippen molar-refractivity contribution in [1.82, 2.24) is 10.2 Å². The fourth-order valence-corrected chi connectivity index (χ4v) is 5.51. The standard InChI is InChI=1S/C30H36BrN3O5S/c1-30(2,3)32-29(36)27(18-22-11-7-6-8-12-22)33(20-23-13-9-14-24(31)17-23)28(35)21-34(40(5,37)38)25-15-10-16-26(19-25)39-4/h6-17,19,27H,18,20-21H2,1-5H3,(H,32,36)/t27-/m1/s1. The van der Waals surface area contributed by atoms with Crippen LogP contribution in [0, 0.1) is 0 Å². The number of halogens is 1. The van der Waals surface area contributed by atoms with Gasteiger partial charge in [0.1, 0.15) is 18.3 Å². The molecule has 3 rings (SSSR count). The highest BCUT2D eigenvalue weighted by atomic mass is 79.9. The van der Waals surface area contributed by atoms with Crippen LogP contribution in [0.3, 0.4) is 0 Å². The largest absolute Gasteiger partial charge is 0.497 e. The maximum Gasteiger partial charge on any atom is 0.244 e. The summed E-state index contributed by atoms with van der Waals surface area (Å²) in [7, 11) is -2.38. The lowest BCUT2D eigenvalue weighted by Crippen LogP contribution is -2.56. The van der Waals surface area contributed by atoms with Crippen LogP contribution in [-0.4, -0.2) is 56.6 Å². The molecule has 2 amide bonds. The van der Waals surface area contributed by atoms with Crippen LogP contribution in [0.5, 0.6) is 5.75 Å². The summed E-state index contributed by atoms with van der Waals surface area (Å²) in [5.74, 6) is -0.388. The molecule has 40 heavy (non-hydrogen) atoms. The highest BCUT2D eigenvalue weighted by molar-refractivity contribution is 9.10. The third-order valence-electron chi connectivity index (χ3n) is 6.03. The highest BCUT2D eigenvalue weighted by Crippen LogP contribution is 2.25. The average molecular weight is 631 g/mol. The minimum Gasteiger partial charge on any atom is -0.497 e. The van der Waals surface area contributed by atoms with Crippen molar-refractivity contribution in [2.24, 2.45) is 0 Å². The number of hydrogen-bond donors (Lipinski definition) is 1. The second kappa shape index (κ2) is 13.3. The zero-order valence-corrected chi connectivity index (χ0v) is 25.8. The van der Waals surface area contributed by atoms with Crippen LogP contribution in [0.4, 0.5) is 5.69 Å². The van der Waals surface area contributed by atoms with E-state index < -0.39 is 34.1 Å².